The van der Waals surface area contributed by atoms with Gasteiger partial charge in [0, 0.05) is 32.7 Å². The summed E-state index contributed by atoms with van der Waals surface area (Å²) in [5.74, 6) is 0. The molecule has 1 aliphatic heterocycles. The summed E-state index contributed by atoms with van der Waals surface area (Å²) in [5.41, 5.74) is 0. The molecule has 7 nitrogen and oxygen atoms in total. The van der Waals surface area contributed by atoms with Crippen molar-refractivity contribution in [3.8, 4) is 0 Å². The van der Waals surface area contributed by atoms with Crippen LogP contribution in [0.3, 0.4) is 0 Å². The van der Waals surface area contributed by atoms with Crippen molar-refractivity contribution in [1.82, 2.24) is 23.6 Å². The van der Waals surface area contributed by atoms with Gasteiger partial charge < -0.3 is 4.57 Å². The minimum Gasteiger partial charge on any atom is -0.307 e. The Morgan fingerprint density at radius 3 is 2.54 bits per heavy atom. The van der Waals surface area contributed by atoms with E-state index in [9.17, 15) is 8.42 Å². The Kier molecular flexibility index (Phi) is 5.42. The van der Waals surface area contributed by atoms with Gasteiger partial charge in [-0.1, -0.05) is 11.6 Å². The van der Waals surface area contributed by atoms with Gasteiger partial charge in [0.2, 0.25) is 0 Å². The van der Waals surface area contributed by atoms with Gasteiger partial charge in [-0.25, -0.2) is 13.1 Å². The maximum atomic E-state index is 12.6. The molecular weight excluding hydrogens is 390 g/mol. The number of aryl methyl sites for hydroxylation is 1. The Hall–Kier alpha value is -0.780. The molecule has 0 spiro atoms. The van der Waals surface area contributed by atoms with E-state index in [1.165, 1.54) is 4.31 Å². The third-order valence-corrected chi connectivity index (χ3v) is 7.99. The molecule has 0 saturated carbocycles. The normalized spacial score (nSPS) is 17.4. The van der Waals surface area contributed by atoms with Crippen LogP contribution in [0.1, 0.15) is 6.92 Å². The van der Waals surface area contributed by atoms with E-state index in [1.54, 1.807) is 23.1 Å². The van der Waals surface area contributed by atoms with Gasteiger partial charge in [-0.3, -0.25) is 4.90 Å². The molecule has 0 amide bonds. The molecule has 24 heavy (non-hydrogen) atoms. The fourth-order valence-corrected chi connectivity index (χ4v) is 5.89. The van der Waals surface area contributed by atoms with Crippen molar-refractivity contribution in [3.05, 3.63) is 27.6 Å². The smallest absolute Gasteiger partial charge is 0.252 e. The maximum absolute atomic E-state index is 12.6. The average Bonchev–Trinajstić information content (AvgIpc) is 3.15. The first-order valence-corrected chi connectivity index (χ1v) is 10.6. The van der Waals surface area contributed by atoms with Crippen molar-refractivity contribution >= 4 is 45.2 Å². The zero-order valence-corrected chi connectivity index (χ0v) is 16.3. The van der Waals surface area contributed by atoms with Crippen LogP contribution < -0.4 is 0 Å². The minimum absolute atomic E-state index is 0.296. The second kappa shape index (κ2) is 7.22. The molecule has 1 saturated heterocycles. The Morgan fingerprint density at radius 2 is 2.00 bits per heavy atom. The zero-order chi connectivity index (χ0) is 17.3. The van der Waals surface area contributed by atoms with Gasteiger partial charge >= 0.3 is 0 Å². The highest BCUT2D eigenvalue weighted by molar-refractivity contribution is 7.91. The van der Waals surface area contributed by atoms with E-state index in [0.29, 0.717) is 46.2 Å². The molecule has 3 heterocycles. The van der Waals surface area contributed by atoms with Crippen molar-refractivity contribution in [3.63, 3.8) is 0 Å². The van der Waals surface area contributed by atoms with E-state index in [4.69, 9.17) is 23.8 Å². The van der Waals surface area contributed by atoms with Crippen LogP contribution in [0.15, 0.2) is 22.7 Å². The highest BCUT2D eigenvalue weighted by atomic mass is 35.5. The van der Waals surface area contributed by atoms with Gasteiger partial charge in [0.15, 0.2) is 4.77 Å². The molecule has 0 atom stereocenters. The van der Waals surface area contributed by atoms with Crippen LogP contribution in [0.5, 0.6) is 0 Å². The summed E-state index contributed by atoms with van der Waals surface area (Å²) in [6, 6.07) is 3.17. The van der Waals surface area contributed by atoms with E-state index in [-0.39, 0.29) is 0 Å². The van der Waals surface area contributed by atoms with Gasteiger partial charge in [0.25, 0.3) is 10.0 Å². The molecule has 132 valence electrons. The van der Waals surface area contributed by atoms with E-state index >= 15 is 0 Å². The first kappa shape index (κ1) is 18.0. The lowest BCUT2D eigenvalue weighted by molar-refractivity contribution is 0.144. The number of hydrogen-bond acceptors (Lipinski definition) is 6. The molecule has 2 aromatic heterocycles. The fourth-order valence-electron chi connectivity index (χ4n) is 2.55. The molecule has 1 fully saturated rings. The van der Waals surface area contributed by atoms with Crippen LogP contribution >= 0.6 is 35.2 Å². The predicted molar refractivity (Wildman–Crippen MR) is 96.4 cm³/mol. The Bertz CT molecular complexity index is 864. The van der Waals surface area contributed by atoms with Crippen LogP contribution in [0.25, 0.3) is 0 Å². The number of aromatic nitrogens is 3. The molecule has 0 N–H and O–H groups in total. The fraction of sp³-hybridized carbons (Fsp3) is 0.538. The standard InChI is InChI=1S/C13H18ClN5O2S3/c1-2-17-9-15-19(13(17)22)10-16-5-7-18(8-6-16)24(20,21)12-4-3-11(14)23-12/h3-4,9H,2,5-8,10H2,1H3. The second-order valence-corrected chi connectivity index (χ2v) is 9.67. The van der Waals surface area contributed by atoms with Crippen LogP contribution in [0.4, 0.5) is 0 Å². The third-order valence-electron chi connectivity index (χ3n) is 3.95. The summed E-state index contributed by atoms with van der Waals surface area (Å²) in [7, 11) is -3.45. The SMILES string of the molecule is CCn1cnn(CN2CCN(S(=O)(=O)c3ccc(Cl)s3)CC2)c1=S. The predicted octanol–water partition coefficient (Wildman–Crippen LogP) is 2.11. The quantitative estimate of drug-likeness (QED) is 0.710. The highest BCUT2D eigenvalue weighted by Crippen LogP contribution is 2.28. The lowest BCUT2D eigenvalue weighted by Gasteiger charge is -2.33. The summed E-state index contributed by atoms with van der Waals surface area (Å²) in [5, 5.41) is 4.29. The van der Waals surface area contributed by atoms with Crippen molar-refractivity contribution in [2.45, 2.75) is 24.3 Å². The maximum Gasteiger partial charge on any atom is 0.252 e. The average molecular weight is 408 g/mol. The topological polar surface area (TPSA) is 63.4 Å². The zero-order valence-electron chi connectivity index (χ0n) is 13.1. The van der Waals surface area contributed by atoms with Crippen molar-refractivity contribution in [2.24, 2.45) is 0 Å². The van der Waals surface area contributed by atoms with Gasteiger partial charge in [-0.05, 0) is 31.3 Å². The first-order chi connectivity index (χ1) is 11.4. The monoisotopic (exact) mass is 407 g/mol. The van der Waals surface area contributed by atoms with Crippen molar-refractivity contribution in [1.29, 1.82) is 0 Å². The second-order valence-electron chi connectivity index (χ2n) is 5.42. The number of sulfonamides is 1. The van der Waals surface area contributed by atoms with Crippen LogP contribution in [0.2, 0.25) is 4.34 Å². The number of piperazine rings is 1. The molecule has 0 radical (unpaired) electrons. The van der Waals surface area contributed by atoms with Crippen LogP contribution in [-0.4, -0.2) is 58.1 Å². The molecule has 0 bridgehead atoms. The van der Waals surface area contributed by atoms with E-state index < -0.39 is 10.0 Å². The lowest BCUT2D eigenvalue weighted by atomic mass is 10.4. The van der Waals surface area contributed by atoms with Gasteiger partial charge in [-0.2, -0.15) is 9.40 Å². The molecule has 11 heteroatoms. The number of thiophene rings is 1. The lowest BCUT2D eigenvalue weighted by Crippen LogP contribution is -2.48. The van der Waals surface area contributed by atoms with Crippen LogP contribution in [-0.2, 0) is 23.2 Å². The summed E-state index contributed by atoms with van der Waals surface area (Å²) in [6.07, 6.45) is 1.73. The van der Waals surface area contributed by atoms with E-state index in [2.05, 4.69) is 10.00 Å². The third kappa shape index (κ3) is 3.58. The van der Waals surface area contributed by atoms with Crippen molar-refractivity contribution in [2.75, 3.05) is 26.2 Å². The highest BCUT2D eigenvalue weighted by Gasteiger charge is 2.29. The largest absolute Gasteiger partial charge is 0.307 e. The Morgan fingerprint density at radius 1 is 1.29 bits per heavy atom. The number of rotatable bonds is 5. The van der Waals surface area contributed by atoms with E-state index in [1.807, 2.05) is 11.5 Å². The summed E-state index contributed by atoms with van der Waals surface area (Å²) >= 11 is 12.3. The van der Waals surface area contributed by atoms with Gasteiger partial charge in [0.05, 0.1) is 11.0 Å². The molecule has 2 aromatic rings. The molecule has 3 rings (SSSR count). The first-order valence-electron chi connectivity index (χ1n) is 7.52. The number of halogens is 1. The van der Waals surface area contributed by atoms with Crippen LogP contribution in [0, 0.1) is 4.77 Å². The Balaban J connectivity index is 1.63. The summed E-state index contributed by atoms with van der Waals surface area (Å²) < 4.78 is 31.8. The Labute approximate surface area is 155 Å². The molecule has 1 aliphatic rings. The molecule has 0 aliphatic carbocycles. The van der Waals surface area contributed by atoms with Crippen molar-refractivity contribution < 1.29 is 8.42 Å². The molecule has 0 unspecified atom stereocenters. The minimum atomic E-state index is -3.45. The number of nitrogens with zero attached hydrogens (tertiary/aromatic N) is 5. The van der Waals surface area contributed by atoms with Gasteiger partial charge in [-0.15, -0.1) is 11.3 Å². The van der Waals surface area contributed by atoms with E-state index in [0.717, 1.165) is 17.9 Å². The number of hydrogen-bond donors (Lipinski definition) is 0. The summed E-state index contributed by atoms with van der Waals surface area (Å²) in [6.45, 7) is 5.54. The van der Waals surface area contributed by atoms with Gasteiger partial charge in [0.1, 0.15) is 10.5 Å². The molecule has 0 aromatic carbocycles. The summed E-state index contributed by atoms with van der Waals surface area (Å²) in [4.78, 5) is 2.15. The molecular formula is C13H18ClN5O2S3.